The lowest BCUT2D eigenvalue weighted by Gasteiger charge is -2.35. The van der Waals surface area contributed by atoms with Gasteiger partial charge in [-0.3, -0.25) is 14.4 Å². The predicted octanol–water partition coefficient (Wildman–Crippen LogP) is 2.27. The molecule has 1 fully saturated rings. The lowest BCUT2D eigenvalue weighted by molar-refractivity contribution is -0.138. The maximum absolute atomic E-state index is 13.3. The number of carboxylic acid groups (broad SMARTS) is 1. The van der Waals surface area contributed by atoms with Crippen molar-refractivity contribution in [2.45, 2.75) is 32.2 Å². The Morgan fingerprint density at radius 3 is 2.44 bits per heavy atom. The Balaban J connectivity index is 1.74. The topological polar surface area (TPSA) is 143 Å². The summed E-state index contributed by atoms with van der Waals surface area (Å²) in [6.45, 7) is 3.47. The van der Waals surface area contributed by atoms with Crippen LogP contribution in [0.25, 0.3) is 5.69 Å². The molecular formula is C26H35N5O7S. The Morgan fingerprint density at radius 2 is 1.79 bits per heavy atom. The zero-order valence-corrected chi connectivity index (χ0v) is 23.0. The summed E-state index contributed by atoms with van der Waals surface area (Å²) < 4.78 is 12.4. The van der Waals surface area contributed by atoms with Crippen LogP contribution in [0.1, 0.15) is 36.7 Å². The first-order chi connectivity index (χ1) is 18.8. The van der Waals surface area contributed by atoms with Crippen molar-refractivity contribution in [3.8, 4) is 11.6 Å². The number of aliphatic carboxylic acids is 1. The fourth-order valence-electron chi connectivity index (χ4n) is 4.01. The highest BCUT2D eigenvalue weighted by Gasteiger charge is 2.31. The second kappa shape index (κ2) is 15.0. The lowest BCUT2D eigenvalue weighted by Crippen LogP contribution is -2.56. The summed E-state index contributed by atoms with van der Waals surface area (Å²) >= 11 is 1.71. The summed E-state index contributed by atoms with van der Waals surface area (Å²) in [6, 6.07) is 9.66. The summed E-state index contributed by atoms with van der Waals surface area (Å²) in [4.78, 5) is 52.8. The Kier molecular flexibility index (Phi) is 11.5. The molecule has 1 aromatic heterocycles. The molecule has 0 unspecified atom stereocenters. The number of carboxylic acids is 1. The van der Waals surface area contributed by atoms with E-state index in [9.17, 15) is 24.3 Å². The predicted molar refractivity (Wildman–Crippen MR) is 145 cm³/mol. The zero-order valence-electron chi connectivity index (χ0n) is 22.2. The molecule has 0 saturated carbocycles. The monoisotopic (exact) mass is 561 g/mol. The van der Waals surface area contributed by atoms with Crippen LogP contribution in [0.3, 0.4) is 0 Å². The number of benzene rings is 1. The average Bonchev–Trinajstić information content (AvgIpc) is 3.38. The van der Waals surface area contributed by atoms with Gasteiger partial charge in [0, 0.05) is 38.7 Å². The van der Waals surface area contributed by atoms with E-state index in [1.807, 2.05) is 36.6 Å². The van der Waals surface area contributed by atoms with E-state index in [1.165, 1.54) is 20.5 Å². The number of amides is 3. The van der Waals surface area contributed by atoms with Crippen molar-refractivity contribution in [3.63, 3.8) is 0 Å². The standard InChI is InChI=1S/C26H35N5O7S/c1-3-37-26(36)30-14-12-29(13-15-30)25(35)20(10-11-23(32)33)27-24(34)21-18-22(38-16-7-17-39-2)31(28-21)19-8-5-4-6-9-19/h4-6,8-9,18,20H,3,7,10-17H2,1-2H3,(H,27,34)(H,32,33)/t20-/m0/s1. The van der Waals surface area contributed by atoms with E-state index in [2.05, 4.69) is 10.4 Å². The smallest absolute Gasteiger partial charge is 0.409 e. The van der Waals surface area contributed by atoms with Crippen LogP contribution in [0.5, 0.6) is 5.88 Å². The molecule has 212 valence electrons. The van der Waals surface area contributed by atoms with E-state index in [0.717, 1.165) is 12.2 Å². The molecule has 1 atom stereocenters. The Hall–Kier alpha value is -3.74. The maximum atomic E-state index is 13.3. The van der Waals surface area contributed by atoms with E-state index in [1.54, 1.807) is 18.7 Å². The molecule has 2 aromatic rings. The number of carbonyl (C=O) groups is 4. The number of aromatic nitrogens is 2. The number of piperazine rings is 1. The molecule has 13 heteroatoms. The number of hydrogen-bond donors (Lipinski definition) is 2. The second-order valence-electron chi connectivity index (χ2n) is 8.78. The minimum absolute atomic E-state index is 0.0407. The number of thioether (sulfide) groups is 1. The Morgan fingerprint density at radius 1 is 1.10 bits per heavy atom. The van der Waals surface area contributed by atoms with E-state index >= 15 is 0 Å². The third-order valence-electron chi connectivity index (χ3n) is 6.02. The second-order valence-corrected chi connectivity index (χ2v) is 9.77. The highest BCUT2D eigenvalue weighted by Crippen LogP contribution is 2.20. The van der Waals surface area contributed by atoms with Crippen molar-refractivity contribution in [2.75, 3.05) is 51.4 Å². The SMILES string of the molecule is CCOC(=O)N1CCN(C(=O)[C@H](CCC(=O)O)NC(=O)c2cc(OCCCSC)n(-c3ccccc3)n2)CC1. The highest BCUT2D eigenvalue weighted by atomic mass is 32.2. The van der Waals surface area contributed by atoms with E-state index < -0.39 is 29.9 Å². The van der Waals surface area contributed by atoms with Crippen molar-refractivity contribution in [3.05, 3.63) is 42.1 Å². The molecule has 39 heavy (non-hydrogen) atoms. The van der Waals surface area contributed by atoms with Crippen molar-refractivity contribution in [1.82, 2.24) is 24.9 Å². The molecule has 12 nitrogen and oxygen atoms in total. The summed E-state index contributed by atoms with van der Waals surface area (Å²) in [6.07, 6.45) is 1.99. The zero-order chi connectivity index (χ0) is 28.2. The quantitative estimate of drug-likeness (QED) is 0.352. The van der Waals surface area contributed by atoms with Gasteiger partial charge in [0.15, 0.2) is 5.69 Å². The van der Waals surface area contributed by atoms with Crippen LogP contribution < -0.4 is 10.1 Å². The molecule has 1 saturated heterocycles. The summed E-state index contributed by atoms with van der Waals surface area (Å²) in [5.74, 6) is -0.801. The summed E-state index contributed by atoms with van der Waals surface area (Å²) in [7, 11) is 0. The number of hydrogen-bond acceptors (Lipinski definition) is 8. The van der Waals surface area contributed by atoms with Crippen LogP contribution in [0.15, 0.2) is 36.4 Å². The largest absolute Gasteiger partial charge is 0.481 e. The number of nitrogens with zero attached hydrogens (tertiary/aromatic N) is 4. The molecule has 0 radical (unpaired) electrons. The van der Waals surface area contributed by atoms with Crippen molar-refractivity contribution in [2.24, 2.45) is 0 Å². The van der Waals surface area contributed by atoms with Gasteiger partial charge in [0.2, 0.25) is 11.8 Å². The van der Waals surface area contributed by atoms with Gasteiger partial charge in [0.05, 0.1) is 18.9 Å². The molecule has 0 spiro atoms. The lowest BCUT2D eigenvalue weighted by atomic mass is 10.1. The van der Waals surface area contributed by atoms with Gasteiger partial charge in [0.25, 0.3) is 5.91 Å². The van der Waals surface area contributed by atoms with Crippen LogP contribution in [-0.4, -0.2) is 106 Å². The van der Waals surface area contributed by atoms with Gasteiger partial charge in [-0.2, -0.15) is 16.9 Å². The molecule has 3 rings (SSSR count). The van der Waals surface area contributed by atoms with E-state index in [-0.39, 0.29) is 51.3 Å². The van der Waals surface area contributed by atoms with Crippen LogP contribution >= 0.6 is 11.8 Å². The first kappa shape index (κ1) is 29.8. The minimum Gasteiger partial charge on any atom is -0.481 e. The first-order valence-corrected chi connectivity index (χ1v) is 14.2. The van der Waals surface area contributed by atoms with Crippen molar-refractivity contribution in [1.29, 1.82) is 0 Å². The first-order valence-electron chi connectivity index (χ1n) is 12.8. The molecule has 3 amide bonds. The van der Waals surface area contributed by atoms with Crippen LogP contribution in [-0.2, 0) is 14.3 Å². The molecule has 0 bridgehead atoms. The molecule has 1 aliphatic heterocycles. The van der Waals surface area contributed by atoms with E-state index in [0.29, 0.717) is 18.2 Å². The Bertz CT molecular complexity index is 1120. The molecular weight excluding hydrogens is 526 g/mol. The molecule has 2 N–H and O–H groups in total. The molecule has 1 aromatic carbocycles. The van der Waals surface area contributed by atoms with Gasteiger partial charge >= 0.3 is 12.1 Å². The Labute approximate surface area is 231 Å². The normalized spacial score (nSPS) is 14.0. The van der Waals surface area contributed by atoms with Crippen molar-refractivity contribution >= 4 is 35.6 Å². The fraction of sp³-hybridized carbons (Fsp3) is 0.500. The fourth-order valence-corrected chi connectivity index (χ4v) is 4.42. The molecule has 2 heterocycles. The number of carbonyl (C=O) groups excluding carboxylic acids is 3. The van der Waals surface area contributed by atoms with Crippen LogP contribution in [0.4, 0.5) is 4.79 Å². The third-order valence-corrected chi connectivity index (χ3v) is 6.72. The minimum atomic E-state index is -1.08. The average molecular weight is 562 g/mol. The number of nitrogens with one attached hydrogen (secondary N) is 1. The highest BCUT2D eigenvalue weighted by molar-refractivity contribution is 7.98. The van der Waals surface area contributed by atoms with Crippen molar-refractivity contribution < 1.29 is 33.8 Å². The van der Waals surface area contributed by atoms with Crippen LogP contribution in [0.2, 0.25) is 0 Å². The number of rotatable bonds is 13. The summed E-state index contributed by atoms with van der Waals surface area (Å²) in [5, 5.41) is 16.3. The maximum Gasteiger partial charge on any atom is 0.409 e. The van der Waals surface area contributed by atoms with Gasteiger partial charge in [-0.05, 0) is 43.9 Å². The summed E-state index contributed by atoms with van der Waals surface area (Å²) in [5.41, 5.74) is 0.744. The van der Waals surface area contributed by atoms with E-state index in [4.69, 9.17) is 9.47 Å². The van der Waals surface area contributed by atoms with Gasteiger partial charge in [-0.25, -0.2) is 9.48 Å². The van der Waals surface area contributed by atoms with Gasteiger partial charge in [-0.1, -0.05) is 18.2 Å². The molecule has 0 aliphatic carbocycles. The number of para-hydroxylation sites is 1. The third kappa shape index (κ3) is 8.63. The van der Waals surface area contributed by atoms with Gasteiger partial charge in [-0.15, -0.1) is 0 Å². The van der Waals surface area contributed by atoms with Gasteiger partial charge < -0.3 is 29.7 Å². The molecule has 1 aliphatic rings. The van der Waals surface area contributed by atoms with Gasteiger partial charge in [0.1, 0.15) is 6.04 Å². The number of ether oxygens (including phenoxy) is 2. The van der Waals surface area contributed by atoms with Crippen LogP contribution in [0, 0.1) is 0 Å².